The van der Waals surface area contributed by atoms with Gasteiger partial charge in [-0.15, -0.1) is 0 Å². The highest BCUT2D eigenvalue weighted by Gasteiger charge is 2.47. The summed E-state index contributed by atoms with van der Waals surface area (Å²) >= 11 is 0. The summed E-state index contributed by atoms with van der Waals surface area (Å²) in [5.41, 5.74) is 4.74. The molecule has 4 heteroatoms. The Hall–Kier alpha value is -0.610. The van der Waals surface area contributed by atoms with Crippen molar-refractivity contribution < 1.29 is 9.90 Å². The van der Waals surface area contributed by atoms with Crippen LogP contribution in [0.2, 0.25) is 0 Å². The van der Waals surface area contributed by atoms with E-state index >= 15 is 0 Å². The van der Waals surface area contributed by atoms with E-state index in [-0.39, 0.29) is 18.1 Å². The van der Waals surface area contributed by atoms with Crippen LogP contribution in [0.1, 0.15) is 33.1 Å². The summed E-state index contributed by atoms with van der Waals surface area (Å²) in [5, 5.41) is 11.6. The first kappa shape index (κ1) is 10.5. The minimum Gasteiger partial charge on any atom is -0.396 e. The smallest absolute Gasteiger partial charge is 0.240 e. The molecule has 0 radical (unpaired) electrons. The molecule has 4 N–H and O–H groups in total. The summed E-state index contributed by atoms with van der Waals surface area (Å²) in [6.45, 7) is 3.84. The lowest BCUT2D eigenvalue weighted by Crippen LogP contribution is -2.52. The molecule has 0 bridgehead atoms. The van der Waals surface area contributed by atoms with Crippen LogP contribution in [0.4, 0.5) is 0 Å². The van der Waals surface area contributed by atoms with Crippen LogP contribution in [-0.2, 0) is 4.79 Å². The van der Waals surface area contributed by atoms with Gasteiger partial charge in [0.1, 0.15) is 0 Å². The van der Waals surface area contributed by atoms with Crippen LogP contribution in [0.15, 0.2) is 0 Å². The average Bonchev–Trinajstić information content (AvgIpc) is 2.67. The molecule has 13 heavy (non-hydrogen) atoms. The van der Waals surface area contributed by atoms with Crippen molar-refractivity contribution in [2.24, 2.45) is 5.73 Å². The molecule has 0 spiro atoms. The summed E-state index contributed by atoms with van der Waals surface area (Å²) < 4.78 is 0. The highest BCUT2D eigenvalue weighted by atomic mass is 16.3. The number of aliphatic hydroxyl groups excluding tert-OH is 1. The molecule has 1 saturated carbocycles. The molecule has 0 heterocycles. The minimum absolute atomic E-state index is 0.0743. The van der Waals surface area contributed by atoms with E-state index in [1.54, 1.807) is 0 Å². The summed E-state index contributed by atoms with van der Waals surface area (Å²) in [6.07, 6.45) is 2.09. The zero-order valence-electron chi connectivity index (χ0n) is 8.26. The predicted molar refractivity (Wildman–Crippen MR) is 50.1 cm³/mol. The molecular weight excluding hydrogens is 168 g/mol. The molecule has 1 amide bonds. The van der Waals surface area contributed by atoms with Gasteiger partial charge in [0.25, 0.3) is 0 Å². The molecule has 0 unspecified atom stereocenters. The normalized spacial score (nSPS) is 19.7. The number of amides is 1. The first-order valence-corrected chi connectivity index (χ1v) is 4.62. The molecule has 1 aliphatic rings. The van der Waals surface area contributed by atoms with E-state index in [2.05, 4.69) is 5.32 Å². The molecular formula is C9H18N2O2. The number of carbonyl (C=O) groups is 1. The van der Waals surface area contributed by atoms with Crippen molar-refractivity contribution in [2.45, 2.75) is 44.2 Å². The molecule has 76 valence electrons. The van der Waals surface area contributed by atoms with Crippen LogP contribution in [0.25, 0.3) is 0 Å². The quantitative estimate of drug-likeness (QED) is 0.567. The minimum atomic E-state index is -0.618. The van der Waals surface area contributed by atoms with E-state index in [4.69, 9.17) is 10.8 Å². The lowest BCUT2D eigenvalue weighted by Gasteiger charge is -2.27. The Balaban J connectivity index is 2.43. The maximum Gasteiger partial charge on any atom is 0.240 e. The number of nitrogens with one attached hydrogen (secondary N) is 1. The number of nitrogens with two attached hydrogens (primary N) is 1. The summed E-state index contributed by atoms with van der Waals surface area (Å²) in [6, 6.07) is 0. The number of aliphatic hydroxyl groups is 1. The van der Waals surface area contributed by atoms with E-state index in [1.165, 1.54) is 0 Å². The first-order chi connectivity index (χ1) is 5.90. The van der Waals surface area contributed by atoms with Crippen molar-refractivity contribution >= 4 is 5.91 Å². The lowest BCUT2D eigenvalue weighted by molar-refractivity contribution is -0.125. The van der Waals surface area contributed by atoms with Gasteiger partial charge in [-0.2, -0.15) is 0 Å². The Labute approximate surface area is 78.5 Å². The summed E-state index contributed by atoms with van der Waals surface area (Å²) in [5.74, 6) is -0.0917. The second-order valence-corrected chi connectivity index (χ2v) is 4.47. The fourth-order valence-corrected chi connectivity index (χ4v) is 1.14. The van der Waals surface area contributed by atoms with Crippen molar-refractivity contribution in [1.29, 1.82) is 0 Å². The zero-order valence-corrected chi connectivity index (χ0v) is 8.26. The van der Waals surface area contributed by atoms with Crippen LogP contribution in [0.5, 0.6) is 0 Å². The van der Waals surface area contributed by atoms with Crippen molar-refractivity contribution in [3.8, 4) is 0 Å². The van der Waals surface area contributed by atoms with Crippen molar-refractivity contribution in [3.63, 3.8) is 0 Å². The molecule has 4 nitrogen and oxygen atoms in total. The monoisotopic (exact) mass is 186 g/mol. The third-order valence-electron chi connectivity index (χ3n) is 2.43. The van der Waals surface area contributed by atoms with Crippen LogP contribution in [0.3, 0.4) is 0 Å². The van der Waals surface area contributed by atoms with Gasteiger partial charge in [-0.05, 0) is 33.1 Å². The van der Waals surface area contributed by atoms with Crippen LogP contribution in [0, 0.1) is 0 Å². The maximum atomic E-state index is 11.5. The summed E-state index contributed by atoms with van der Waals surface area (Å²) in [7, 11) is 0. The number of rotatable bonds is 4. The summed E-state index contributed by atoms with van der Waals surface area (Å²) in [4.78, 5) is 11.5. The highest BCUT2D eigenvalue weighted by Crippen LogP contribution is 2.32. The zero-order chi connectivity index (χ0) is 10.1. The van der Waals surface area contributed by atoms with Crippen LogP contribution in [-0.4, -0.2) is 28.7 Å². The third-order valence-corrected chi connectivity index (χ3v) is 2.43. The van der Waals surface area contributed by atoms with Crippen molar-refractivity contribution in [1.82, 2.24) is 5.32 Å². The predicted octanol–water partition coefficient (Wildman–Crippen LogP) is -0.245. The fourth-order valence-electron chi connectivity index (χ4n) is 1.14. The molecule has 0 atom stereocenters. The molecule has 0 aromatic rings. The van der Waals surface area contributed by atoms with Gasteiger partial charge in [0.05, 0.1) is 5.54 Å². The van der Waals surface area contributed by atoms with Gasteiger partial charge in [-0.1, -0.05) is 0 Å². The van der Waals surface area contributed by atoms with Crippen LogP contribution >= 0.6 is 0 Å². The molecule has 1 fully saturated rings. The molecule has 0 aromatic heterocycles. The highest BCUT2D eigenvalue weighted by molar-refractivity contribution is 5.89. The molecule has 0 saturated heterocycles. The Morgan fingerprint density at radius 2 is 2.15 bits per heavy atom. The van der Waals surface area contributed by atoms with E-state index in [1.807, 2.05) is 13.8 Å². The standard InChI is InChI=1S/C9H18N2O2/c1-8(2,5-6-12)11-7(13)9(10)3-4-9/h12H,3-6,10H2,1-2H3,(H,11,13). The van der Waals surface area contributed by atoms with Gasteiger partial charge in [0.15, 0.2) is 0 Å². The van der Waals surface area contributed by atoms with Gasteiger partial charge in [0, 0.05) is 12.1 Å². The third kappa shape index (κ3) is 2.67. The number of hydrogen-bond donors (Lipinski definition) is 3. The number of carbonyl (C=O) groups excluding carboxylic acids is 1. The van der Waals surface area contributed by atoms with Crippen molar-refractivity contribution in [2.75, 3.05) is 6.61 Å². The second-order valence-electron chi connectivity index (χ2n) is 4.47. The maximum absolute atomic E-state index is 11.5. The molecule has 1 rings (SSSR count). The molecule has 0 aromatic carbocycles. The Kier molecular flexibility index (Phi) is 2.63. The van der Waals surface area contributed by atoms with Gasteiger partial charge in [-0.3, -0.25) is 4.79 Å². The van der Waals surface area contributed by atoms with E-state index in [0.29, 0.717) is 6.42 Å². The van der Waals surface area contributed by atoms with E-state index < -0.39 is 5.54 Å². The van der Waals surface area contributed by atoms with Gasteiger partial charge in [-0.25, -0.2) is 0 Å². The largest absolute Gasteiger partial charge is 0.396 e. The SMILES string of the molecule is CC(C)(CCO)NC(=O)C1(N)CC1. The topological polar surface area (TPSA) is 75.3 Å². The van der Waals surface area contributed by atoms with Crippen LogP contribution < -0.4 is 11.1 Å². The molecule has 0 aliphatic heterocycles. The first-order valence-electron chi connectivity index (χ1n) is 4.62. The van der Waals surface area contributed by atoms with Gasteiger partial charge in [0.2, 0.25) is 5.91 Å². The van der Waals surface area contributed by atoms with E-state index in [0.717, 1.165) is 12.8 Å². The fraction of sp³-hybridized carbons (Fsp3) is 0.889. The lowest BCUT2D eigenvalue weighted by atomic mass is 10.0. The second kappa shape index (κ2) is 3.27. The Morgan fingerprint density at radius 3 is 2.54 bits per heavy atom. The Bertz CT molecular complexity index is 210. The average molecular weight is 186 g/mol. The van der Waals surface area contributed by atoms with Gasteiger partial charge < -0.3 is 16.2 Å². The van der Waals surface area contributed by atoms with Crippen molar-refractivity contribution in [3.05, 3.63) is 0 Å². The molecule has 1 aliphatic carbocycles. The van der Waals surface area contributed by atoms with E-state index in [9.17, 15) is 4.79 Å². The Morgan fingerprint density at radius 1 is 1.62 bits per heavy atom. The van der Waals surface area contributed by atoms with Gasteiger partial charge >= 0.3 is 0 Å². The number of hydrogen-bond acceptors (Lipinski definition) is 3.